The van der Waals surface area contributed by atoms with Crippen molar-refractivity contribution in [2.24, 2.45) is 11.5 Å². The normalized spacial score (nSPS) is 17.1. The van der Waals surface area contributed by atoms with Gasteiger partial charge in [0.1, 0.15) is 18.3 Å². The van der Waals surface area contributed by atoms with Crippen molar-refractivity contribution in [2.45, 2.75) is 31.1 Å². The first kappa shape index (κ1) is 12.8. The maximum absolute atomic E-state index is 12.9. The van der Waals surface area contributed by atoms with Gasteiger partial charge in [0.15, 0.2) is 0 Å². The third kappa shape index (κ3) is 4.15. The lowest BCUT2D eigenvalue weighted by Gasteiger charge is -2.13. The van der Waals surface area contributed by atoms with Crippen LogP contribution in [0.25, 0.3) is 0 Å². The number of carbonyl (C=O) groups is 2. The Balaban J connectivity index is 3.90. The number of rotatable bonds is 6. The van der Waals surface area contributed by atoms with E-state index in [-0.39, 0.29) is 12.8 Å². The maximum atomic E-state index is 12.9. The van der Waals surface area contributed by atoms with E-state index in [0.717, 1.165) is 0 Å². The van der Waals surface area contributed by atoms with E-state index in [1.54, 1.807) is 0 Å². The number of carboxylic acids is 2. The molecular formula is C7H13FN2O4. The highest BCUT2D eigenvalue weighted by atomic mass is 19.1. The average Bonchev–Trinajstić information content (AvgIpc) is 2.11. The second-order valence-corrected chi connectivity index (χ2v) is 2.90. The minimum Gasteiger partial charge on any atom is -0.480 e. The van der Waals surface area contributed by atoms with Crippen molar-refractivity contribution in [1.29, 1.82) is 0 Å². The topological polar surface area (TPSA) is 127 Å². The van der Waals surface area contributed by atoms with E-state index < -0.39 is 30.2 Å². The van der Waals surface area contributed by atoms with Gasteiger partial charge in [-0.15, -0.1) is 0 Å². The molecule has 6 N–H and O–H groups in total. The third-order valence-corrected chi connectivity index (χ3v) is 1.75. The molecule has 14 heavy (non-hydrogen) atoms. The van der Waals surface area contributed by atoms with Crippen LogP contribution in [0.1, 0.15) is 12.8 Å². The van der Waals surface area contributed by atoms with Crippen molar-refractivity contribution >= 4 is 11.9 Å². The van der Waals surface area contributed by atoms with E-state index in [9.17, 15) is 14.0 Å². The summed E-state index contributed by atoms with van der Waals surface area (Å²) in [6.45, 7) is 0. The highest BCUT2D eigenvalue weighted by Gasteiger charge is 2.25. The van der Waals surface area contributed by atoms with Gasteiger partial charge in [-0.2, -0.15) is 0 Å². The van der Waals surface area contributed by atoms with Crippen LogP contribution < -0.4 is 11.5 Å². The molecule has 2 unspecified atom stereocenters. The van der Waals surface area contributed by atoms with Crippen LogP contribution in [0, 0.1) is 0 Å². The van der Waals surface area contributed by atoms with Crippen molar-refractivity contribution in [1.82, 2.24) is 0 Å². The van der Waals surface area contributed by atoms with Gasteiger partial charge < -0.3 is 21.7 Å². The van der Waals surface area contributed by atoms with Crippen LogP contribution >= 0.6 is 0 Å². The molecule has 0 fully saturated rings. The fourth-order valence-corrected chi connectivity index (χ4v) is 0.797. The largest absolute Gasteiger partial charge is 0.480 e. The summed E-state index contributed by atoms with van der Waals surface area (Å²) in [5, 5.41) is 16.7. The zero-order valence-corrected chi connectivity index (χ0v) is 7.39. The Bertz CT molecular complexity index is 224. The molecule has 0 aromatic rings. The Labute approximate surface area is 79.7 Å². The van der Waals surface area contributed by atoms with E-state index in [0.29, 0.717) is 0 Å². The van der Waals surface area contributed by atoms with Crippen LogP contribution in [-0.2, 0) is 9.59 Å². The highest BCUT2D eigenvalue weighted by Crippen LogP contribution is 2.07. The van der Waals surface area contributed by atoms with Gasteiger partial charge in [-0.3, -0.25) is 9.59 Å². The fourth-order valence-electron chi connectivity index (χ4n) is 0.797. The van der Waals surface area contributed by atoms with Gasteiger partial charge in [-0.1, -0.05) is 0 Å². The molecule has 0 saturated heterocycles. The van der Waals surface area contributed by atoms with E-state index in [1.165, 1.54) is 0 Å². The quantitative estimate of drug-likeness (QED) is 0.440. The maximum Gasteiger partial charge on any atom is 0.323 e. The monoisotopic (exact) mass is 208 g/mol. The van der Waals surface area contributed by atoms with Crippen LogP contribution in [-0.4, -0.2) is 40.4 Å². The van der Waals surface area contributed by atoms with Crippen molar-refractivity contribution < 1.29 is 24.2 Å². The first-order valence-electron chi connectivity index (χ1n) is 3.97. The van der Waals surface area contributed by atoms with Gasteiger partial charge in [-0.05, 0) is 12.8 Å². The molecule has 6 nitrogen and oxygen atoms in total. The summed E-state index contributed by atoms with van der Waals surface area (Å²) in [6, 6.07) is -2.81. The third-order valence-electron chi connectivity index (χ3n) is 1.75. The molecule has 0 rings (SSSR count). The molecule has 0 saturated carbocycles. The van der Waals surface area contributed by atoms with Crippen molar-refractivity contribution in [3.05, 3.63) is 0 Å². The Morgan fingerprint density at radius 3 is 2.00 bits per heavy atom. The smallest absolute Gasteiger partial charge is 0.323 e. The number of hydrogen-bond acceptors (Lipinski definition) is 4. The number of hydrogen-bond donors (Lipinski definition) is 4. The van der Waals surface area contributed by atoms with E-state index in [2.05, 4.69) is 0 Å². The molecule has 0 spiro atoms. The second kappa shape index (κ2) is 5.51. The summed E-state index contributed by atoms with van der Waals surface area (Å²) < 4.78 is 12.9. The van der Waals surface area contributed by atoms with Crippen LogP contribution in [0.2, 0.25) is 0 Å². The van der Waals surface area contributed by atoms with Gasteiger partial charge in [-0.25, -0.2) is 4.39 Å². The van der Waals surface area contributed by atoms with Crippen molar-refractivity contribution in [3.8, 4) is 0 Å². The summed E-state index contributed by atoms with van der Waals surface area (Å²) in [5.74, 6) is -2.71. The molecule has 0 amide bonds. The molecule has 0 aliphatic rings. The van der Waals surface area contributed by atoms with Crippen LogP contribution in [0.4, 0.5) is 4.39 Å². The van der Waals surface area contributed by atoms with E-state index in [4.69, 9.17) is 21.7 Å². The lowest BCUT2D eigenvalue weighted by Crippen LogP contribution is -2.40. The summed E-state index contributed by atoms with van der Waals surface area (Å²) in [4.78, 5) is 20.4. The summed E-state index contributed by atoms with van der Waals surface area (Å²) in [6.07, 6.45) is -2.20. The first-order valence-corrected chi connectivity index (χ1v) is 3.97. The predicted molar refractivity (Wildman–Crippen MR) is 45.4 cm³/mol. The van der Waals surface area contributed by atoms with Crippen LogP contribution in [0.5, 0.6) is 0 Å². The zero-order valence-electron chi connectivity index (χ0n) is 7.39. The number of halogens is 1. The number of nitrogens with two attached hydrogens (primary N) is 2. The van der Waals surface area contributed by atoms with Gasteiger partial charge in [0.05, 0.1) is 0 Å². The zero-order chi connectivity index (χ0) is 11.3. The standard InChI is InChI=1S/C7H13FN2O4/c8-3(5(10)7(13)14)1-2-4(9)6(11)12/h3-5H,1-2,9-10H2,(H,11,12)(H,13,14)/t3?,4-,5?/m0/s1. The van der Waals surface area contributed by atoms with Gasteiger partial charge >= 0.3 is 11.9 Å². The molecule has 0 aliphatic carbocycles. The predicted octanol–water partition coefficient (Wildman–Crippen LogP) is -1.07. The van der Waals surface area contributed by atoms with Gasteiger partial charge in [0.2, 0.25) is 0 Å². The van der Waals surface area contributed by atoms with E-state index in [1.807, 2.05) is 0 Å². The number of carboxylic acid groups (broad SMARTS) is 2. The Morgan fingerprint density at radius 2 is 1.64 bits per heavy atom. The van der Waals surface area contributed by atoms with Gasteiger partial charge in [0.25, 0.3) is 0 Å². The molecule has 3 atom stereocenters. The minimum atomic E-state index is -1.78. The summed E-state index contributed by atoms with van der Waals surface area (Å²) in [5.41, 5.74) is 10.0. The van der Waals surface area contributed by atoms with Crippen molar-refractivity contribution in [3.63, 3.8) is 0 Å². The molecule has 0 radical (unpaired) electrons. The minimum absolute atomic E-state index is 0.141. The van der Waals surface area contributed by atoms with Gasteiger partial charge in [0, 0.05) is 0 Å². The number of aliphatic carboxylic acids is 2. The number of alkyl halides is 1. The average molecular weight is 208 g/mol. The first-order chi connectivity index (χ1) is 6.36. The molecular weight excluding hydrogens is 195 g/mol. The lowest BCUT2D eigenvalue weighted by molar-refractivity contribution is -0.140. The Kier molecular flexibility index (Phi) is 5.03. The molecule has 0 aliphatic heterocycles. The SMILES string of the molecule is NC(C(=O)O)C(F)CC[C@H](N)C(=O)O. The molecule has 7 heteroatoms. The molecule has 0 heterocycles. The molecule has 0 aromatic heterocycles. The molecule has 82 valence electrons. The Morgan fingerprint density at radius 1 is 1.14 bits per heavy atom. The lowest BCUT2D eigenvalue weighted by atomic mass is 10.0. The second-order valence-electron chi connectivity index (χ2n) is 2.90. The van der Waals surface area contributed by atoms with Crippen LogP contribution in [0.3, 0.4) is 0 Å². The summed E-state index contributed by atoms with van der Waals surface area (Å²) >= 11 is 0. The molecule has 0 bridgehead atoms. The molecule has 0 aromatic carbocycles. The summed E-state index contributed by atoms with van der Waals surface area (Å²) in [7, 11) is 0. The Hall–Kier alpha value is -1.21. The van der Waals surface area contributed by atoms with E-state index >= 15 is 0 Å². The van der Waals surface area contributed by atoms with Crippen LogP contribution in [0.15, 0.2) is 0 Å². The highest BCUT2D eigenvalue weighted by molar-refractivity contribution is 5.74. The van der Waals surface area contributed by atoms with Crippen molar-refractivity contribution in [2.75, 3.05) is 0 Å². The fraction of sp³-hybridized carbons (Fsp3) is 0.714.